The molecule has 17 heavy (non-hydrogen) atoms. The first kappa shape index (κ1) is 9.59. The lowest BCUT2D eigenvalue weighted by Gasteiger charge is -2.04. The molecule has 84 valence electrons. The minimum atomic E-state index is 0.203. The highest BCUT2D eigenvalue weighted by Gasteiger charge is 2.11. The first-order chi connectivity index (χ1) is 8.25. The molecule has 3 rings (SSSR count). The molecule has 4 N–H and O–H groups in total. The van der Waals surface area contributed by atoms with Crippen LogP contribution >= 0.6 is 0 Å². The maximum absolute atomic E-state index is 5.88. The number of rotatable bonds is 1. The number of para-hydroxylation sites is 1. The lowest BCUT2D eigenvalue weighted by molar-refractivity contribution is 1.08. The largest absolute Gasteiger partial charge is 0.369 e. The van der Waals surface area contributed by atoms with Gasteiger partial charge in [0.1, 0.15) is 5.52 Å². The second-order valence-corrected chi connectivity index (χ2v) is 3.58. The summed E-state index contributed by atoms with van der Waals surface area (Å²) in [4.78, 5) is 12.2. The van der Waals surface area contributed by atoms with Gasteiger partial charge in [0.25, 0.3) is 0 Å². The average molecular weight is 226 g/mol. The van der Waals surface area contributed by atoms with E-state index in [4.69, 9.17) is 11.5 Å². The molecule has 6 nitrogen and oxygen atoms in total. The Hall–Kier alpha value is -2.63. The SMILES string of the molecule is Nc1ncc2nc(N)n(-c3ccccc3)c2n1. The predicted octanol–water partition coefficient (Wildman–Crippen LogP) is 0.980. The van der Waals surface area contributed by atoms with Gasteiger partial charge in [-0.3, -0.25) is 4.57 Å². The van der Waals surface area contributed by atoms with E-state index < -0.39 is 0 Å². The summed E-state index contributed by atoms with van der Waals surface area (Å²) >= 11 is 0. The molecule has 0 radical (unpaired) electrons. The van der Waals surface area contributed by atoms with Gasteiger partial charge in [0.05, 0.1) is 11.9 Å². The van der Waals surface area contributed by atoms with E-state index >= 15 is 0 Å². The van der Waals surface area contributed by atoms with Crippen molar-refractivity contribution in [1.29, 1.82) is 0 Å². The molecular formula is C11H10N6. The van der Waals surface area contributed by atoms with Crippen LogP contribution < -0.4 is 11.5 Å². The summed E-state index contributed by atoms with van der Waals surface area (Å²) in [5, 5.41) is 0. The summed E-state index contributed by atoms with van der Waals surface area (Å²) in [6, 6.07) is 9.63. The third kappa shape index (κ3) is 1.46. The molecule has 0 fully saturated rings. The quantitative estimate of drug-likeness (QED) is 0.644. The molecule has 1 aromatic carbocycles. The number of aromatic nitrogens is 4. The predicted molar refractivity (Wildman–Crippen MR) is 65.5 cm³/mol. The van der Waals surface area contributed by atoms with E-state index in [-0.39, 0.29) is 5.95 Å². The van der Waals surface area contributed by atoms with Gasteiger partial charge in [-0.15, -0.1) is 0 Å². The fraction of sp³-hybridized carbons (Fsp3) is 0. The highest BCUT2D eigenvalue weighted by Crippen LogP contribution is 2.20. The van der Waals surface area contributed by atoms with Crippen LogP contribution in [0, 0.1) is 0 Å². The van der Waals surface area contributed by atoms with Crippen LogP contribution in [0.5, 0.6) is 0 Å². The van der Waals surface area contributed by atoms with Gasteiger partial charge < -0.3 is 11.5 Å². The summed E-state index contributed by atoms with van der Waals surface area (Å²) < 4.78 is 1.74. The standard InChI is InChI=1S/C11H10N6/c12-10-14-6-8-9(16-10)17(11(13)15-8)7-4-2-1-3-5-7/h1-6H,(H2,13,15)(H2,12,14,16). The normalized spacial score (nSPS) is 10.8. The molecule has 0 amide bonds. The van der Waals surface area contributed by atoms with E-state index in [2.05, 4.69) is 15.0 Å². The molecular weight excluding hydrogens is 216 g/mol. The molecule has 0 bridgehead atoms. The summed E-state index contributed by atoms with van der Waals surface area (Å²) in [5.74, 6) is 0.570. The second kappa shape index (κ2) is 3.44. The van der Waals surface area contributed by atoms with Crippen molar-refractivity contribution in [2.45, 2.75) is 0 Å². The number of nitrogen functional groups attached to an aromatic ring is 2. The highest BCUT2D eigenvalue weighted by atomic mass is 15.2. The molecule has 0 atom stereocenters. The molecule has 6 heteroatoms. The van der Waals surface area contributed by atoms with Crippen LogP contribution in [0.15, 0.2) is 36.5 Å². The van der Waals surface area contributed by atoms with Crippen molar-refractivity contribution < 1.29 is 0 Å². The molecule has 0 aliphatic heterocycles. The van der Waals surface area contributed by atoms with Crippen LogP contribution in [0.1, 0.15) is 0 Å². The second-order valence-electron chi connectivity index (χ2n) is 3.58. The number of anilines is 2. The molecule has 0 saturated carbocycles. The molecule has 3 aromatic rings. The Morgan fingerprint density at radius 1 is 1.00 bits per heavy atom. The third-order valence-corrected chi connectivity index (χ3v) is 2.46. The zero-order valence-corrected chi connectivity index (χ0v) is 8.91. The van der Waals surface area contributed by atoms with E-state index in [9.17, 15) is 0 Å². The number of hydrogen-bond donors (Lipinski definition) is 2. The Bertz CT molecular complexity index is 673. The number of nitrogens with two attached hydrogens (primary N) is 2. The van der Waals surface area contributed by atoms with E-state index in [1.807, 2.05) is 30.3 Å². The molecule has 0 aliphatic carbocycles. The van der Waals surface area contributed by atoms with Gasteiger partial charge in [-0.25, -0.2) is 9.97 Å². The fourth-order valence-corrected chi connectivity index (χ4v) is 1.74. The van der Waals surface area contributed by atoms with Crippen molar-refractivity contribution >= 4 is 23.1 Å². The summed E-state index contributed by atoms with van der Waals surface area (Å²) in [6.07, 6.45) is 1.56. The maximum Gasteiger partial charge on any atom is 0.222 e. The maximum atomic E-state index is 5.88. The zero-order chi connectivity index (χ0) is 11.8. The van der Waals surface area contributed by atoms with E-state index in [1.54, 1.807) is 10.8 Å². The molecule has 2 heterocycles. The topological polar surface area (TPSA) is 95.6 Å². The Kier molecular flexibility index (Phi) is 1.94. The minimum absolute atomic E-state index is 0.203. The van der Waals surface area contributed by atoms with Crippen molar-refractivity contribution in [3.8, 4) is 5.69 Å². The fourth-order valence-electron chi connectivity index (χ4n) is 1.74. The van der Waals surface area contributed by atoms with Gasteiger partial charge in [-0.1, -0.05) is 18.2 Å². The number of fused-ring (bicyclic) bond motifs is 1. The van der Waals surface area contributed by atoms with Gasteiger partial charge in [-0.05, 0) is 12.1 Å². The van der Waals surface area contributed by atoms with Crippen LogP contribution in [0.4, 0.5) is 11.9 Å². The van der Waals surface area contributed by atoms with Crippen molar-refractivity contribution in [2.24, 2.45) is 0 Å². The Labute approximate surface area is 96.9 Å². The molecule has 0 aliphatic rings. The Morgan fingerprint density at radius 2 is 1.76 bits per heavy atom. The van der Waals surface area contributed by atoms with Crippen LogP contribution in [-0.4, -0.2) is 19.5 Å². The average Bonchev–Trinajstić information content (AvgIpc) is 2.65. The zero-order valence-electron chi connectivity index (χ0n) is 8.91. The first-order valence-electron chi connectivity index (χ1n) is 5.07. The van der Waals surface area contributed by atoms with E-state index in [0.29, 0.717) is 17.1 Å². The van der Waals surface area contributed by atoms with E-state index in [1.165, 1.54) is 0 Å². The first-order valence-corrected chi connectivity index (χ1v) is 5.07. The molecule has 0 saturated heterocycles. The number of imidazole rings is 1. The van der Waals surface area contributed by atoms with Gasteiger partial charge >= 0.3 is 0 Å². The van der Waals surface area contributed by atoms with Crippen LogP contribution in [0.25, 0.3) is 16.9 Å². The van der Waals surface area contributed by atoms with Gasteiger partial charge in [-0.2, -0.15) is 4.98 Å². The molecule has 0 unspecified atom stereocenters. The number of nitrogens with zero attached hydrogens (tertiary/aromatic N) is 4. The van der Waals surface area contributed by atoms with Crippen LogP contribution in [-0.2, 0) is 0 Å². The number of hydrogen-bond acceptors (Lipinski definition) is 5. The van der Waals surface area contributed by atoms with Gasteiger partial charge in [0, 0.05) is 0 Å². The minimum Gasteiger partial charge on any atom is -0.369 e. The monoisotopic (exact) mass is 226 g/mol. The lowest BCUT2D eigenvalue weighted by Crippen LogP contribution is -2.02. The van der Waals surface area contributed by atoms with E-state index in [0.717, 1.165) is 5.69 Å². The summed E-state index contributed by atoms with van der Waals surface area (Å²) in [6.45, 7) is 0. The number of benzene rings is 1. The van der Waals surface area contributed by atoms with Crippen molar-refractivity contribution in [2.75, 3.05) is 11.5 Å². The summed E-state index contributed by atoms with van der Waals surface area (Å²) in [5.41, 5.74) is 13.6. The van der Waals surface area contributed by atoms with Crippen molar-refractivity contribution in [1.82, 2.24) is 19.5 Å². The summed E-state index contributed by atoms with van der Waals surface area (Å²) in [7, 11) is 0. The van der Waals surface area contributed by atoms with Crippen molar-refractivity contribution in [3.05, 3.63) is 36.5 Å². The lowest BCUT2D eigenvalue weighted by atomic mass is 10.3. The molecule has 0 spiro atoms. The highest BCUT2D eigenvalue weighted by molar-refractivity contribution is 5.76. The van der Waals surface area contributed by atoms with Crippen LogP contribution in [0.3, 0.4) is 0 Å². The Morgan fingerprint density at radius 3 is 2.53 bits per heavy atom. The third-order valence-electron chi connectivity index (χ3n) is 2.46. The van der Waals surface area contributed by atoms with Crippen molar-refractivity contribution in [3.63, 3.8) is 0 Å². The van der Waals surface area contributed by atoms with Gasteiger partial charge in [0.15, 0.2) is 5.65 Å². The van der Waals surface area contributed by atoms with Crippen LogP contribution in [0.2, 0.25) is 0 Å². The smallest absolute Gasteiger partial charge is 0.222 e. The Balaban J connectivity index is 2.35. The van der Waals surface area contributed by atoms with Gasteiger partial charge in [0.2, 0.25) is 11.9 Å². The molecule has 2 aromatic heterocycles.